The smallest absolute Gasteiger partial charge is 0.203 e. The van der Waals surface area contributed by atoms with Crippen molar-refractivity contribution < 1.29 is 4.74 Å². The average molecular weight is 251 g/mol. The monoisotopic (exact) mass is 251 g/mol. The second-order valence-corrected chi connectivity index (χ2v) is 4.77. The molecule has 100 valence electrons. The van der Waals surface area contributed by atoms with Crippen molar-refractivity contribution in [2.75, 3.05) is 44.8 Å². The molecule has 0 unspecified atom stereocenters. The summed E-state index contributed by atoms with van der Waals surface area (Å²) in [7, 11) is 3.74. The summed E-state index contributed by atoms with van der Waals surface area (Å²) in [5.41, 5.74) is 5.74. The molecular formula is C12H21N5O. The predicted molar refractivity (Wildman–Crippen MR) is 71.7 cm³/mol. The Bertz CT molecular complexity index is 390. The Morgan fingerprint density at radius 1 is 1.44 bits per heavy atom. The van der Waals surface area contributed by atoms with E-state index < -0.39 is 0 Å². The third-order valence-electron chi connectivity index (χ3n) is 3.43. The Labute approximate surface area is 108 Å². The lowest BCUT2D eigenvalue weighted by atomic mass is 9.97. The van der Waals surface area contributed by atoms with Gasteiger partial charge in [0.2, 0.25) is 5.75 Å². The first-order valence-electron chi connectivity index (χ1n) is 6.27. The van der Waals surface area contributed by atoms with E-state index in [4.69, 9.17) is 10.5 Å². The van der Waals surface area contributed by atoms with Gasteiger partial charge in [-0.05, 0) is 38.9 Å². The molecule has 1 aliphatic rings. The van der Waals surface area contributed by atoms with Crippen molar-refractivity contribution in [1.82, 2.24) is 14.9 Å². The molecule has 1 fully saturated rings. The molecule has 6 nitrogen and oxygen atoms in total. The number of hydrogen-bond donors (Lipinski definition) is 2. The molecule has 3 N–H and O–H groups in total. The van der Waals surface area contributed by atoms with Crippen molar-refractivity contribution in [2.45, 2.75) is 12.8 Å². The minimum absolute atomic E-state index is 0.373. The fourth-order valence-electron chi connectivity index (χ4n) is 2.22. The van der Waals surface area contributed by atoms with Crippen LogP contribution in [0.1, 0.15) is 12.8 Å². The molecule has 0 aromatic carbocycles. The van der Waals surface area contributed by atoms with E-state index in [2.05, 4.69) is 27.2 Å². The van der Waals surface area contributed by atoms with E-state index in [0.29, 0.717) is 23.3 Å². The van der Waals surface area contributed by atoms with Gasteiger partial charge >= 0.3 is 0 Å². The van der Waals surface area contributed by atoms with Gasteiger partial charge in [-0.25, -0.2) is 9.97 Å². The summed E-state index contributed by atoms with van der Waals surface area (Å²) >= 11 is 0. The second kappa shape index (κ2) is 5.86. The van der Waals surface area contributed by atoms with E-state index in [1.165, 1.54) is 19.2 Å². The van der Waals surface area contributed by atoms with Crippen LogP contribution in [0.5, 0.6) is 5.75 Å². The van der Waals surface area contributed by atoms with Crippen molar-refractivity contribution in [3.05, 3.63) is 6.33 Å². The molecule has 6 heteroatoms. The Morgan fingerprint density at radius 3 is 2.83 bits per heavy atom. The number of aromatic nitrogens is 2. The van der Waals surface area contributed by atoms with E-state index in [1.807, 2.05) is 0 Å². The molecule has 1 aliphatic heterocycles. The molecule has 0 spiro atoms. The summed E-state index contributed by atoms with van der Waals surface area (Å²) in [6.45, 7) is 3.23. The van der Waals surface area contributed by atoms with E-state index >= 15 is 0 Å². The fraction of sp³-hybridized carbons (Fsp3) is 0.667. The number of likely N-dealkylation sites (tertiary alicyclic amines) is 1. The Morgan fingerprint density at radius 2 is 2.17 bits per heavy atom. The minimum Gasteiger partial charge on any atom is -0.490 e. The number of hydrogen-bond acceptors (Lipinski definition) is 6. The molecule has 0 atom stereocenters. The molecule has 1 aromatic heterocycles. The summed E-state index contributed by atoms with van der Waals surface area (Å²) in [6.07, 6.45) is 3.88. The third-order valence-corrected chi connectivity index (χ3v) is 3.43. The maximum Gasteiger partial charge on any atom is 0.203 e. The van der Waals surface area contributed by atoms with Crippen LogP contribution in [-0.4, -0.2) is 48.7 Å². The lowest BCUT2D eigenvalue weighted by Gasteiger charge is -2.29. The largest absolute Gasteiger partial charge is 0.490 e. The highest BCUT2D eigenvalue weighted by molar-refractivity contribution is 5.61. The topological polar surface area (TPSA) is 76.3 Å². The van der Waals surface area contributed by atoms with Gasteiger partial charge in [0.05, 0.1) is 7.11 Å². The van der Waals surface area contributed by atoms with Gasteiger partial charge in [-0.3, -0.25) is 0 Å². The lowest BCUT2D eigenvalue weighted by molar-refractivity contribution is 0.226. The van der Waals surface area contributed by atoms with Crippen LogP contribution in [-0.2, 0) is 0 Å². The number of nitrogens with one attached hydrogen (secondary N) is 1. The van der Waals surface area contributed by atoms with Crippen molar-refractivity contribution in [1.29, 1.82) is 0 Å². The highest BCUT2D eigenvalue weighted by Gasteiger charge is 2.17. The Balaban J connectivity index is 1.92. The van der Waals surface area contributed by atoms with E-state index in [1.54, 1.807) is 7.11 Å². The van der Waals surface area contributed by atoms with Gasteiger partial charge in [0.1, 0.15) is 6.33 Å². The predicted octanol–water partition coefficient (Wildman–Crippen LogP) is 0.821. The van der Waals surface area contributed by atoms with Gasteiger partial charge < -0.3 is 20.7 Å². The van der Waals surface area contributed by atoms with Gasteiger partial charge in [-0.15, -0.1) is 0 Å². The number of piperidine rings is 1. The summed E-state index contributed by atoms with van der Waals surface area (Å²) in [6, 6.07) is 0. The molecule has 1 aromatic rings. The first-order chi connectivity index (χ1) is 8.70. The number of rotatable bonds is 4. The number of ether oxygens (including phenoxy) is 1. The molecule has 0 aliphatic carbocycles. The van der Waals surface area contributed by atoms with Crippen molar-refractivity contribution in [2.24, 2.45) is 5.92 Å². The lowest BCUT2D eigenvalue weighted by Crippen LogP contribution is -2.33. The Hall–Kier alpha value is -1.56. The third kappa shape index (κ3) is 3.01. The van der Waals surface area contributed by atoms with E-state index in [0.717, 1.165) is 19.6 Å². The number of nitrogen functional groups attached to an aromatic ring is 1. The molecule has 0 saturated carbocycles. The van der Waals surface area contributed by atoms with Crippen LogP contribution in [0.15, 0.2) is 6.33 Å². The van der Waals surface area contributed by atoms with Crippen LogP contribution in [0.4, 0.5) is 11.6 Å². The minimum atomic E-state index is 0.373. The number of anilines is 2. The maximum atomic E-state index is 5.74. The standard InChI is InChI=1S/C12H21N5O/c1-17-5-3-9(4-6-17)7-14-12-10(18-2)11(13)15-8-16-12/h8-9H,3-7H2,1-2H3,(H3,13,14,15,16). The zero-order valence-corrected chi connectivity index (χ0v) is 11.0. The summed E-state index contributed by atoms with van der Waals surface area (Å²) in [5, 5.41) is 3.31. The highest BCUT2D eigenvalue weighted by atomic mass is 16.5. The quantitative estimate of drug-likeness (QED) is 0.825. The first kappa shape index (κ1) is 12.9. The van der Waals surface area contributed by atoms with Crippen LogP contribution < -0.4 is 15.8 Å². The molecule has 1 saturated heterocycles. The maximum absolute atomic E-state index is 5.74. The van der Waals surface area contributed by atoms with Crippen LogP contribution in [0, 0.1) is 5.92 Å². The SMILES string of the molecule is COc1c(N)ncnc1NCC1CCN(C)CC1. The number of methoxy groups -OCH3 is 1. The van der Waals surface area contributed by atoms with Crippen LogP contribution in [0.3, 0.4) is 0 Å². The highest BCUT2D eigenvalue weighted by Crippen LogP contribution is 2.27. The molecular weight excluding hydrogens is 230 g/mol. The van der Waals surface area contributed by atoms with Crippen LogP contribution >= 0.6 is 0 Å². The van der Waals surface area contributed by atoms with Gasteiger partial charge in [0.15, 0.2) is 11.6 Å². The average Bonchev–Trinajstić information content (AvgIpc) is 2.38. The Kier molecular flexibility index (Phi) is 4.19. The van der Waals surface area contributed by atoms with E-state index in [9.17, 15) is 0 Å². The van der Waals surface area contributed by atoms with E-state index in [-0.39, 0.29) is 0 Å². The van der Waals surface area contributed by atoms with Crippen LogP contribution in [0.25, 0.3) is 0 Å². The first-order valence-corrected chi connectivity index (χ1v) is 6.27. The summed E-state index contributed by atoms with van der Waals surface area (Å²) < 4.78 is 5.21. The van der Waals surface area contributed by atoms with Crippen LogP contribution in [0.2, 0.25) is 0 Å². The van der Waals surface area contributed by atoms with Gasteiger partial charge in [0, 0.05) is 6.54 Å². The van der Waals surface area contributed by atoms with Gasteiger partial charge in [0.25, 0.3) is 0 Å². The normalized spacial score (nSPS) is 17.7. The van der Waals surface area contributed by atoms with Crippen molar-refractivity contribution >= 4 is 11.6 Å². The van der Waals surface area contributed by atoms with Gasteiger partial charge in [-0.2, -0.15) is 0 Å². The van der Waals surface area contributed by atoms with Crippen molar-refractivity contribution in [3.63, 3.8) is 0 Å². The molecule has 18 heavy (non-hydrogen) atoms. The molecule has 2 rings (SSSR count). The fourth-order valence-corrected chi connectivity index (χ4v) is 2.22. The number of nitrogens with two attached hydrogens (primary N) is 1. The molecule has 0 amide bonds. The molecule has 2 heterocycles. The summed E-state index contributed by atoms with van der Waals surface area (Å²) in [4.78, 5) is 10.4. The zero-order valence-electron chi connectivity index (χ0n) is 11.0. The summed E-state index contributed by atoms with van der Waals surface area (Å²) in [5.74, 6) is 2.27. The van der Waals surface area contributed by atoms with Crippen molar-refractivity contribution in [3.8, 4) is 5.75 Å². The molecule has 0 radical (unpaired) electrons. The zero-order chi connectivity index (χ0) is 13.0. The second-order valence-electron chi connectivity index (χ2n) is 4.77. The molecule has 0 bridgehead atoms. The number of nitrogens with zero attached hydrogens (tertiary/aromatic N) is 3. The van der Waals surface area contributed by atoms with Gasteiger partial charge in [-0.1, -0.05) is 0 Å².